The van der Waals surface area contributed by atoms with E-state index >= 15 is 0 Å². The van der Waals surface area contributed by atoms with Gasteiger partial charge in [-0.05, 0) is 49.1 Å². The van der Waals surface area contributed by atoms with E-state index < -0.39 is 30.3 Å². The molecule has 280 valence electrons. The maximum absolute atomic E-state index is 13.9. The molecule has 2 heterocycles. The molecule has 0 spiro atoms. The van der Waals surface area contributed by atoms with Crippen LogP contribution >= 0.6 is 22.7 Å². The lowest BCUT2D eigenvalue weighted by Gasteiger charge is -2.30. The molecule has 4 aromatic rings. The van der Waals surface area contributed by atoms with Crippen molar-refractivity contribution >= 4 is 40.7 Å². The molecule has 0 aliphatic heterocycles. The van der Waals surface area contributed by atoms with Gasteiger partial charge in [-0.3, -0.25) is 9.78 Å². The van der Waals surface area contributed by atoms with E-state index in [0.717, 1.165) is 39.5 Å². The fourth-order valence-corrected chi connectivity index (χ4v) is 7.53. The highest BCUT2D eigenvalue weighted by Crippen LogP contribution is 2.26. The number of urea groups is 1. The number of nitrogens with one attached hydrogen (secondary N) is 3. The second-order valence-corrected chi connectivity index (χ2v) is 15.3. The molecule has 52 heavy (non-hydrogen) atoms. The van der Waals surface area contributed by atoms with Crippen LogP contribution in [0, 0.1) is 5.92 Å². The van der Waals surface area contributed by atoms with Crippen molar-refractivity contribution in [2.24, 2.45) is 5.92 Å². The Morgan fingerprint density at radius 2 is 1.56 bits per heavy atom. The summed E-state index contributed by atoms with van der Waals surface area (Å²) in [6.45, 7) is 8.45. The molecule has 4 amide bonds. The van der Waals surface area contributed by atoms with Crippen LogP contribution in [0.15, 0.2) is 77.8 Å². The summed E-state index contributed by atoms with van der Waals surface area (Å²) >= 11 is 3.00. The lowest BCUT2D eigenvalue weighted by Crippen LogP contribution is -2.55. The first-order valence-corrected chi connectivity index (χ1v) is 19.6. The summed E-state index contributed by atoms with van der Waals surface area (Å²) in [4.78, 5) is 51.4. The van der Waals surface area contributed by atoms with Crippen molar-refractivity contribution in [2.75, 3.05) is 7.05 Å². The lowest BCUT2D eigenvalue weighted by molar-refractivity contribution is -0.124. The number of nitrogens with zero attached hydrogens (tertiary/aromatic N) is 3. The number of thiazole rings is 2. The SMILES string of the molecule is CCC(CC)c1nc(CN(C)C(=O)N[C@H](C(=O)N[C@@H](Cc2ccccc2)C[C@H](O)[C@H](Cc2ccccc2)NC(=O)OCc2cncs2)C(C)C)cs1. The Balaban J connectivity index is 1.46. The van der Waals surface area contributed by atoms with Crippen molar-refractivity contribution in [3.8, 4) is 0 Å². The molecule has 0 unspecified atom stereocenters. The molecule has 4 rings (SSSR count). The smallest absolute Gasteiger partial charge is 0.407 e. The molecule has 0 radical (unpaired) electrons. The number of rotatable bonds is 19. The van der Waals surface area contributed by atoms with Crippen molar-refractivity contribution in [3.63, 3.8) is 0 Å². The van der Waals surface area contributed by atoms with E-state index in [9.17, 15) is 19.5 Å². The van der Waals surface area contributed by atoms with Gasteiger partial charge in [-0.1, -0.05) is 88.4 Å². The summed E-state index contributed by atoms with van der Waals surface area (Å²) in [5, 5.41) is 23.7. The summed E-state index contributed by atoms with van der Waals surface area (Å²) in [5.41, 5.74) is 4.38. The maximum atomic E-state index is 13.9. The molecule has 2 aromatic heterocycles. The van der Waals surface area contributed by atoms with Gasteiger partial charge in [0.2, 0.25) is 5.91 Å². The Bertz CT molecular complexity index is 1650. The maximum Gasteiger partial charge on any atom is 0.407 e. The van der Waals surface area contributed by atoms with Gasteiger partial charge in [0.05, 0.1) is 39.8 Å². The van der Waals surface area contributed by atoms with Crippen LogP contribution in [0.1, 0.15) is 79.6 Å². The number of aliphatic hydroxyl groups excluding tert-OH is 1. The number of amides is 4. The van der Waals surface area contributed by atoms with Gasteiger partial charge < -0.3 is 30.7 Å². The molecule has 13 heteroatoms. The topological polar surface area (TPSA) is 146 Å². The van der Waals surface area contributed by atoms with Crippen molar-refractivity contribution in [3.05, 3.63) is 104 Å². The van der Waals surface area contributed by atoms with E-state index in [1.165, 1.54) is 16.2 Å². The first-order chi connectivity index (χ1) is 25.1. The Hall–Kier alpha value is -4.33. The highest BCUT2D eigenvalue weighted by Gasteiger charge is 2.31. The first-order valence-electron chi connectivity index (χ1n) is 17.9. The van der Waals surface area contributed by atoms with Crippen LogP contribution < -0.4 is 16.0 Å². The highest BCUT2D eigenvalue weighted by atomic mass is 32.1. The third-order valence-electron chi connectivity index (χ3n) is 8.97. The van der Waals surface area contributed by atoms with Crippen molar-refractivity contribution in [1.82, 2.24) is 30.8 Å². The second-order valence-electron chi connectivity index (χ2n) is 13.4. The number of carbonyl (C=O) groups is 3. The molecular formula is C39H52N6O5S2. The number of carbonyl (C=O) groups excluding carboxylic acids is 3. The highest BCUT2D eigenvalue weighted by molar-refractivity contribution is 7.09. The van der Waals surface area contributed by atoms with E-state index in [0.29, 0.717) is 25.3 Å². The van der Waals surface area contributed by atoms with Gasteiger partial charge in [0.25, 0.3) is 0 Å². The zero-order chi connectivity index (χ0) is 37.5. The number of benzene rings is 2. The van der Waals surface area contributed by atoms with E-state index in [1.54, 1.807) is 30.1 Å². The summed E-state index contributed by atoms with van der Waals surface area (Å²) in [7, 11) is 1.69. The molecule has 0 saturated carbocycles. The molecular weight excluding hydrogens is 697 g/mol. The zero-order valence-electron chi connectivity index (χ0n) is 30.7. The number of aliphatic hydroxyl groups is 1. The van der Waals surface area contributed by atoms with Gasteiger partial charge in [-0.25, -0.2) is 14.6 Å². The normalized spacial score (nSPS) is 13.6. The standard InChI is InChI=1S/C39H52N6O5S2/c1-6-29(7-2)37-42-31(24-51-37)22-45(5)38(48)44-35(26(3)4)36(47)41-30(18-27-14-10-8-11-15-27)20-34(46)33(19-28-16-12-9-13-17-28)43-39(49)50-23-32-21-40-25-52-32/h8-17,21,24-26,29-30,33-35,46H,6-7,18-20,22-23H2,1-5H3,(H,41,47)(H,43,49)(H,44,48)/t30-,33-,34-,35-/m0/s1. The third-order valence-corrected chi connectivity index (χ3v) is 10.8. The Morgan fingerprint density at radius 1 is 0.904 bits per heavy atom. The molecule has 2 aromatic carbocycles. The largest absolute Gasteiger partial charge is 0.444 e. The Kier molecular flexibility index (Phi) is 16.1. The van der Waals surface area contributed by atoms with Crippen LogP contribution in [0.4, 0.5) is 9.59 Å². The number of alkyl carbamates (subject to hydrolysis) is 1. The van der Waals surface area contributed by atoms with Gasteiger partial charge in [0.1, 0.15) is 12.6 Å². The van der Waals surface area contributed by atoms with Crippen LogP contribution in [0.2, 0.25) is 0 Å². The summed E-state index contributed by atoms with van der Waals surface area (Å²) < 4.78 is 5.44. The summed E-state index contributed by atoms with van der Waals surface area (Å²) in [6.07, 6.45) is 2.86. The van der Waals surface area contributed by atoms with E-state index in [2.05, 4.69) is 34.8 Å². The quantitative estimate of drug-likeness (QED) is 0.0837. The summed E-state index contributed by atoms with van der Waals surface area (Å²) in [6, 6.07) is 16.8. The minimum atomic E-state index is -1.05. The summed E-state index contributed by atoms with van der Waals surface area (Å²) in [5.74, 6) is -0.172. The van der Waals surface area contributed by atoms with Gasteiger partial charge in [-0.15, -0.1) is 22.7 Å². The van der Waals surface area contributed by atoms with Gasteiger partial charge >= 0.3 is 12.1 Å². The van der Waals surface area contributed by atoms with E-state index in [4.69, 9.17) is 9.72 Å². The fraction of sp³-hybridized carbons (Fsp3) is 0.462. The average molecular weight is 749 g/mol. The van der Waals surface area contributed by atoms with E-state index in [1.807, 2.05) is 79.9 Å². The number of ether oxygens (including phenoxy) is 1. The average Bonchev–Trinajstić information content (AvgIpc) is 3.83. The fourth-order valence-electron chi connectivity index (χ4n) is 5.95. The molecule has 4 atom stereocenters. The molecule has 0 saturated heterocycles. The van der Waals surface area contributed by atoms with Crippen molar-refractivity contribution in [1.29, 1.82) is 0 Å². The molecule has 0 bridgehead atoms. The lowest BCUT2D eigenvalue weighted by atomic mass is 9.93. The zero-order valence-corrected chi connectivity index (χ0v) is 32.3. The van der Waals surface area contributed by atoms with Crippen LogP contribution in [0.25, 0.3) is 0 Å². The molecule has 0 fully saturated rings. The van der Waals surface area contributed by atoms with Crippen LogP contribution in [0.5, 0.6) is 0 Å². The van der Waals surface area contributed by atoms with Gasteiger partial charge in [0, 0.05) is 30.6 Å². The minimum absolute atomic E-state index is 0.0673. The second kappa shape index (κ2) is 20.6. The molecule has 0 aliphatic carbocycles. The monoisotopic (exact) mass is 748 g/mol. The van der Waals surface area contributed by atoms with Crippen LogP contribution in [0.3, 0.4) is 0 Å². The number of aromatic nitrogens is 2. The number of hydrogen-bond acceptors (Lipinski definition) is 9. The van der Waals surface area contributed by atoms with Crippen LogP contribution in [-0.4, -0.2) is 69.3 Å². The molecule has 0 aliphatic rings. The Labute approximate surface area is 315 Å². The van der Waals surface area contributed by atoms with Gasteiger partial charge in [0.15, 0.2) is 0 Å². The minimum Gasteiger partial charge on any atom is -0.444 e. The third kappa shape index (κ3) is 12.7. The van der Waals surface area contributed by atoms with Crippen molar-refractivity contribution < 1.29 is 24.2 Å². The van der Waals surface area contributed by atoms with Crippen molar-refractivity contribution in [2.45, 2.75) is 103 Å². The van der Waals surface area contributed by atoms with Gasteiger partial charge in [-0.2, -0.15) is 0 Å². The molecule has 11 nitrogen and oxygen atoms in total. The van der Waals surface area contributed by atoms with Crippen LogP contribution in [-0.2, 0) is 35.5 Å². The predicted molar refractivity (Wildman–Crippen MR) is 206 cm³/mol. The van der Waals surface area contributed by atoms with E-state index in [-0.39, 0.29) is 30.9 Å². The predicted octanol–water partition coefficient (Wildman–Crippen LogP) is 6.69. The first kappa shape index (κ1) is 40.4. The molecule has 4 N–H and O–H groups in total. The Morgan fingerprint density at radius 3 is 2.15 bits per heavy atom. The number of hydrogen-bond donors (Lipinski definition) is 4.